The Morgan fingerprint density at radius 1 is 1.67 bits per heavy atom. The number of carbonyl (C=O) groups excluding carboxylic acids is 1. The fourth-order valence-electron chi connectivity index (χ4n) is 1.83. The van der Waals surface area contributed by atoms with E-state index in [9.17, 15) is 4.79 Å². The maximum Gasteiger partial charge on any atom is 0.225 e. The van der Waals surface area contributed by atoms with Crippen LogP contribution in [-0.4, -0.2) is 30.4 Å². The van der Waals surface area contributed by atoms with Crippen LogP contribution >= 0.6 is 0 Å². The predicted molar refractivity (Wildman–Crippen MR) is 62.4 cm³/mol. The summed E-state index contributed by atoms with van der Waals surface area (Å²) >= 11 is 0. The van der Waals surface area contributed by atoms with Crippen molar-refractivity contribution in [2.45, 2.75) is 33.1 Å². The van der Waals surface area contributed by atoms with Crippen LogP contribution in [0.15, 0.2) is 11.6 Å². The molecule has 1 heterocycles. The molecular formula is C12H22N2O. The van der Waals surface area contributed by atoms with Gasteiger partial charge in [-0.1, -0.05) is 18.6 Å². The molecule has 0 aromatic carbocycles. The number of carbonyl (C=O) groups is 1. The van der Waals surface area contributed by atoms with Gasteiger partial charge in [-0.25, -0.2) is 0 Å². The summed E-state index contributed by atoms with van der Waals surface area (Å²) in [7, 11) is 0. The highest BCUT2D eigenvalue weighted by molar-refractivity contribution is 5.78. The molecule has 1 aliphatic rings. The van der Waals surface area contributed by atoms with Crippen molar-refractivity contribution in [3.8, 4) is 0 Å². The van der Waals surface area contributed by atoms with Gasteiger partial charge in [0.1, 0.15) is 0 Å². The summed E-state index contributed by atoms with van der Waals surface area (Å²) in [6.07, 6.45) is 5.02. The second kappa shape index (κ2) is 5.91. The Bertz CT molecular complexity index is 248. The molecule has 1 aliphatic heterocycles. The number of nitrogens with two attached hydrogens (primary N) is 1. The molecule has 3 nitrogen and oxygen atoms in total. The van der Waals surface area contributed by atoms with Crippen LogP contribution in [-0.2, 0) is 4.79 Å². The molecule has 0 bridgehead atoms. The van der Waals surface area contributed by atoms with E-state index in [1.54, 1.807) is 0 Å². The molecular weight excluding hydrogens is 188 g/mol. The van der Waals surface area contributed by atoms with E-state index < -0.39 is 0 Å². The second-order valence-corrected chi connectivity index (χ2v) is 4.42. The number of hydrogen-bond acceptors (Lipinski definition) is 2. The zero-order valence-corrected chi connectivity index (χ0v) is 9.83. The highest BCUT2D eigenvalue weighted by Crippen LogP contribution is 2.15. The number of amides is 1. The topological polar surface area (TPSA) is 46.3 Å². The van der Waals surface area contributed by atoms with E-state index in [0.717, 1.165) is 32.4 Å². The number of hydrogen-bond donors (Lipinski definition) is 1. The molecule has 0 saturated carbocycles. The molecule has 2 N–H and O–H groups in total. The van der Waals surface area contributed by atoms with Gasteiger partial charge in [0.05, 0.1) is 0 Å². The smallest absolute Gasteiger partial charge is 0.225 e. The summed E-state index contributed by atoms with van der Waals surface area (Å²) in [5.41, 5.74) is 6.84. The van der Waals surface area contributed by atoms with Gasteiger partial charge in [0, 0.05) is 19.0 Å². The first-order chi connectivity index (χ1) is 7.15. The lowest BCUT2D eigenvalue weighted by atomic mass is 10.0. The van der Waals surface area contributed by atoms with Crippen LogP contribution < -0.4 is 5.73 Å². The van der Waals surface area contributed by atoms with Gasteiger partial charge >= 0.3 is 0 Å². The predicted octanol–water partition coefficient (Wildman–Crippen LogP) is 1.54. The van der Waals surface area contributed by atoms with Crippen molar-refractivity contribution >= 4 is 5.91 Å². The Balaban J connectivity index is 2.40. The molecule has 1 atom stereocenters. The average Bonchev–Trinajstić information content (AvgIpc) is 2.26. The molecule has 0 aromatic heterocycles. The molecule has 1 amide bonds. The lowest BCUT2D eigenvalue weighted by Gasteiger charge is -2.28. The quantitative estimate of drug-likeness (QED) is 0.715. The first-order valence-electron chi connectivity index (χ1n) is 5.79. The van der Waals surface area contributed by atoms with Crippen LogP contribution in [0.5, 0.6) is 0 Å². The third-order valence-electron chi connectivity index (χ3n) is 3.01. The van der Waals surface area contributed by atoms with E-state index in [1.165, 1.54) is 5.57 Å². The normalized spacial score (nSPS) is 18.6. The number of rotatable bonds is 4. The van der Waals surface area contributed by atoms with Gasteiger partial charge in [-0.2, -0.15) is 0 Å². The Labute approximate surface area is 92.3 Å². The van der Waals surface area contributed by atoms with E-state index in [4.69, 9.17) is 5.73 Å². The monoisotopic (exact) mass is 210 g/mol. The Morgan fingerprint density at radius 2 is 2.40 bits per heavy atom. The Hall–Kier alpha value is -0.830. The van der Waals surface area contributed by atoms with Gasteiger partial charge < -0.3 is 10.6 Å². The van der Waals surface area contributed by atoms with Crippen LogP contribution in [0, 0.1) is 5.92 Å². The average molecular weight is 210 g/mol. The summed E-state index contributed by atoms with van der Waals surface area (Å²) < 4.78 is 0. The summed E-state index contributed by atoms with van der Waals surface area (Å²) in [6, 6.07) is 0. The molecule has 0 aliphatic carbocycles. The largest absolute Gasteiger partial charge is 0.338 e. The standard InChI is InChI=1S/C12H22N2O/c1-10-5-8-14(9-6-10)12(15)11(2)4-3-7-13/h5,11H,3-4,6-9,13H2,1-2H3. The molecule has 1 rings (SSSR count). The van der Waals surface area contributed by atoms with E-state index in [-0.39, 0.29) is 11.8 Å². The maximum absolute atomic E-state index is 12.0. The SMILES string of the molecule is CC1=CCN(C(=O)C(C)CCCN)CC1. The summed E-state index contributed by atoms with van der Waals surface area (Å²) in [5.74, 6) is 0.410. The van der Waals surface area contributed by atoms with Crippen molar-refractivity contribution in [1.29, 1.82) is 0 Å². The molecule has 0 radical (unpaired) electrons. The van der Waals surface area contributed by atoms with Gasteiger partial charge in [-0.3, -0.25) is 4.79 Å². The minimum Gasteiger partial charge on any atom is -0.338 e. The highest BCUT2D eigenvalue weighted by atomic mass is 16.2. The van der Waals surface area contributed by atoms with E-state index in [2.05, 4.69) is 13.0 Å². The van der Waals surface area contributed by atoms with Crippen LogP contribution in [0.4, 0.5) is 0 Å². The van der Waals surface area contributed by atoms with Crippen molar-refractivity contribution in [1.82, 2.24) is 4.90 Å². The first-order valence-corrected chi connectivity index (χ1v) is 5.79. The molecule has 15 heavy (non-hydrogen) atoms. The lowest BCUT2D eigenvalue weighted by Crippen LogP contribution is -2.38. The molecule has 3 heteroatoms. The fourth-order valence-corrected chi connectivity index (χ4v) is 1.83. The van der Waals surface area contributed by atoms with Crippen molar-refractivity contribution < 1.29 is 4.79 Å². The van der Waals surface area contributed by atoms with E-state index >= 15 is 0 Å². The van der Waals surface area contributed by atoms with Gasteiger partial charge in [0.25, 0.3) is 0 Å². The molecule has 86 valence electrons. The molecule has 0 aromatic rings. The fraction of sp³-hybridized carbons (Fsp3) is 0.750. The van der Waals surface area contributed by atoms with Crippen LogP contribution in [0.2, 0.25) is 0 Å². The first kappa shape index (κ1) is 12.2. The summed E-state index contributed by atoms with van der Waals surface area (Å²) in [6.45, 7) is 6.48. The molecule has 0 fully saturated rings. The molecule has 1 unspecified atom stereocenters. The Kier molecular flexibility index (Phi) is 4.82. The molecule has 0 spiro atoms. The van der Waals surface area contributed by atoms with Crippen molar-refractivity contribution in [2.75, 3.05) is 19.6 Å². The van der Waals surface area contributed by atoms with Crippen LogP contribution in [0.1, 0.15) is 33.1 Å². The van der Waals surface area contributed by atoms with Crippen molar-refractivity contribution in [2.24, 2.45) is 11.7 Å². The third kappa shape index (κ3) is 3.67. The minimum atomic E-state index is 0.125. The summed E-state index contributed by atoms with van der Waals surface area (Å²) in [5, 5.41) is 0. The van der Waals surface area contributed by atoms with Gasteiger partial charge in [-0.05, 0) is 32.7 Å². The number of nitrogens with zero attached hydrogens (tertiary/aromatic N) is 1. The van der Waals surface area contributed by atoms with Crippen LogP contribution in [0.25, 0.3) is 0 Å². The van der Waals surface area contributed by atoms with Gasteiger partial charge in [0.2, 0.25) is 5.91 Å². The van der Waals surface area contributed by atoms with Gasteiger partial charge in [-0.15, -0.1) is 0 Å². The lowest BCUT2D eigenvalue weighted by molar-refractivity contribution is -0.134. The molecule has 0 saturated heterocycles. The van der Waals surface area contributed by atoms with E-state index in [1.807, 2.05) is 11.8 Å². The zero-order chi connectivity index (χ0) is 11.3. The second-order valence-electron chi connectivity index (χ2n) is 4.42. The minimum absolute atomic E-state index is 0.125. The van der Waals surface area contributed by atoms with E-state index in [0.29, 0.717) is 6.54 Å². The third-order valence-corrected chi connectivity index (χ3v) is 3.01. The zero-order valence-electron chi connectivity index (χ0n) is 9.83. The van der Waals surface area contributed by atoms with Crippen LogP contribution in [0.3, 0.4) is 0 Å². The highest BCUT2D eigenvalue weighted by Gasteiger charge is 2.20. The Morgan fingerprint density at radius 3 is 2.93 bits per heavy atom. The van der Waals surface area contributed by atoms with Crippen molar-refractivity contribution in [3.63, 3.8) is 0 Å². The van der Waals surface area contributed by atoms with Gasteiger partial charge in [0.15, 0.2) is 0 Å². The van der Waals surface area contributed by atoms with Crippen molar-refractivity contribution in [3.05, 3.63) is 11.6 Å². The maximum atomic E-state index is 12.0. The summed E-state index contributed by atoms with van der Waals surface area (Å²) in [4.78, 5) is 13.9.